The Labute approximate surface area is 55.8 Å². The summed E-state index contributed by atoms with van der Waals surface area (Å²) in [6, 6.07) is 0. The second-order valence-corrected chi connectivity index (χ2v) is 2.15. The number of amides is 1. The molecule has 1 aliphatic heterocycles. The van der Waals surface area contributed by atoms with Crippen LogP contribution in [0.25, 0.3) is 0 Å². The van der Waals surface area contributed by atoms with E-state index in [1.807, 2.05) is 0 Å². The summed E-state index contributed by atoms with van der Waals surface area (Å²) in [6.07, 6.45) is 2.78. The molecular weight excluding hydrogens is 140 g/mol. The lowest BCUT2D eigenvalue weighted by Gasteiger charge is -2.05. The zero-order valence-electron chi connectivity index (χ0n) is 4.46. The molecule has 0 aromatic rings. The van der Waals surface area contributed by atoms with Crippen LogP contribution in [0.2, 0.25) is 0 Å². The Hall–Kier alpha value is -0.970. The maximum atomic E-state index is 10.4. The van der Waals surface area contributed by atoms with Crippen molar-refractivity contribution in [2.45, 2.75) is 5.50 Å². The number of carbonyl (C=O) groups excluding carboxylic acids is 1. The molecule has 0 saturated carbocycles. The Balaban J connectivity index is 2.56. The van der Waals surface area contributed by atoms with E-state index < -0.39 is 5.50 Å². The molecule has 0 fully saturated rings. The monoisotopic (exact) mass is 145 g/mol. The molecule has 4 nitrogen and oxygen atoms in total. The van der Waals surface area contributed by atoms with Crippen molar-refractivity contribution in [3.63, 3.8) is 0 Å². The Kier molecular flexibility index (Phi) is 1.74. The van der Waals surface area contributed by atoms with Gasteiger partial charge in [0, 0.05) is 16.5 Å². The molecule has 1 atom stereocenters. The predicted octanol–water partition coefficient (Wildman–Crippen LogP) is -1.07. The van der Waals surface area contributed by atoms with Gasteiger partial charge in [-0.1, -0.05) is 0 Å². The summed E-state index contributed by atoms with van der Waals surface area (Å²) < 4.78 is 10.0. The van der Waals surface area contributed by atoms with Crippen LogP contribution in [-0.2, 0) is 20.7 Å². The third kappa shape index (κ3) is 1.46. The highest BCUT2D eigenvalue weighted by Crippen LogP contribution is 1.84. The fourth-order valence-corrected chi connectivity index (χ4v) is 0.780. The molecule has 1 heterocycles. The SMILES string of the molecule is O=[S+]C1NC=CC(=O)N1. The molecule has 0 aliphatic carbocycles. The molecule has 0 spiro atoms. The molecule has 9 heavy (non-hydrogen) atoms. The predicted molar refractivity (Wildman–Crippen MR) is 32.3 cm³/mol. The van der Waals surface area contributed by atoms with Gasteiger partial charge < -0.3 is 5.32 Å². The van der Waals surface area contributed by atoms with Gasteiger partial charge in [0.1, 0.15) is 0 Å². The largest absolute Gasteiger partial charge is 0.510 e. The molecular formula is C4H5N2O2S+. The number of hydrogen-bond acceptors (Lipinski definition) is 3. The van der Waals surface area contributed by atoms with Crippen LogP contribution >= 0.6 is 0 Å². The highest BCUT2D eigenvalue weighted by atomic mass is 32.1. The van der Waals surface area contributed by atoms with E-state index in [2.05, 4.69) is 10.6 Å². The third-order valence-corrected chi connectivity index (χ3v) is 1.30. The van der Waals surface area contributed by atoms with Crippen LogP contribution < -0.4 is 10.6 Å². The molecule has 1 aliphatic rings. The lowest BCUT2D eigenvalue weighted by molar-refractivity contribution is -0.117. The summed E-state index contributed by atoms with van der Waals surface area (Å²) in [4.78, 5) is 10.4. The van der Waals surface area contributed by atoms with Gasteiger partial charge in [0.25, 0.3) is 5.91 Å². The maximum Gasteiger partial charge on any atom is 0.510 e. The highest BCUT2D eigenvalue weighted by molar-refractivity contribution is 7.66. The van der Waals surface area contributed by atoms with Gasteiger partial charge in [-0.3, -0.25) is 10.1 Å². The molecule has 2 N–H and O–H groups in total. The maximum absolute atomic E-state index is 10.4. The van der Waals surface area contributed by atoms with Crippen molar-refractivity contribution in [2.75, 3.05) is 0 Å². The van der Waals surface area contributed by atoms with Crippen molar-refractivity contribution in [1.82, 2.24) is 10.6 Å². The summed E-state index contributed by atoms with van der Waals surface area (Å²) in [6.45, 7) is 0. The molecule has 0 aromatic heterocycles. The molecule has 0 bridgehead atoms. The van der Waals surface area contributed by atoms with Gasteiger partial charge in [0.15, 0.2) is 0 Å². The standard InChI is InChI=1S/C4H4N2O2S/c7-3-1-2-5-4(6-3)9-8/h1-2,4H,(H-,5,6,7)/p+1. The van der Waals surface area contributed by atoms with Crippen LogP contribution in [0.1, 0.15) is 0 Å². The van der Waals surface area contributed by atoms with Gasteiger partial charge in [0.2, 0.25) is 0 Å². The second kappa shape index (κ2) is 2.54. The quantitative estimate of drug-likeness (QED) is 0.462. The first-order valence-electron chi connectivity index (χ1n) is 2.34. The first-order valence-corrected chi connectivity index (χ1v) is 3.15. The number of rotatable bonds is 1. The molecule has 0 aromatic carbocycles. The molecule has 1 unspecified atom stereocenters. The molecule has 1 amide bonds. The third-order valence-electron chi connectivity index (χ3n) is 0.852. The van der Waals surface area contributed by atoms with Crippen molar-refractivity contribution in [1.29, 1.82) is 0 Å². The molecule has 0 saturated heterocycles. The van der Waals surface area contributed by atoms with Gasteiger partial charge in [-0.05, 0) is 0 Å². The summed E-state index contributed by atoms with van der Waals surface area (Å²) in [7, 11) is 0. The minimum atomic E-state index is -0.512. The van der Waals surface area contributed by atoms with Crippen molar-refractivity contribution in [3.05, 3.63) is 12.3 Å². The van der Waals surface area contributed by atoms with Crippen LogP contribution in [0, 0.1) is 0 Å². The van der Waals surface area contributed by atoms with Crippen LogP contribution in [-0.4, -0.2) is 11.4 Å². The summed E-state index contributed by atoms with van der Waals surface area (Å²) in [5, 5.41) is 5.02. The first kappa shape index (κ1) is 6.15. The van der Waals surface area contributed by atoms with E-state index in [4.69, 9.17) is 0 Å². The number of nitrogens with one attached hydrogen (secondary N) is 2. The highest BCUT2D eigenvalue weighted by Gasteiger charge is 2.23. The summed E-state index contributed by atoms with van der Waals surface area (Å²) in [5.41, 5.74) is -0.512. The van der Waals surface area contributed by atoms with Crippen molar-refractivity contribution in [3.8, 4) is 0 Å². The van der Waals surface area contributed by atoms with Crippen molar-refractivity contribution in [2.24, 2.45) is 0 Å². The Morgan fingerprint density at radius 2 is 2.44 bits per heavy atom. The van der Waals surface area contributed by atoms with Crippen LogP contribution in [0.3, 0.4) is 0 Å². The Bertz CT molecular complexity index is 168. The number of hydrogen-bond donors (Lipinski definition) is 2. The zero-order chi connectivity index (χ0) is 6.69. The van der Waals surface area contributed by atoms with Gasteiger partial charge in [-0.2, -0.15) is 0 Å². The fourth-order valence-electron chi connectivity index (χ4n) is 0.482. The zero-order valence-corrected chi connectivity index (χ0v) is 5.27. The van der Waals surface area contributed by atoms with E-state index >= 15 is 0 Å². The van der Waals surface area contributed by atoms with E-state index in [0.717, 1.165) is 0 Å². The van der Waals surface area contributed by atoms with E-state index in [-0.39, 0.29) is 5.91 Å². The van der Waals surface area contributed by atoms with Crippen molar-refractivity contribution < 1.29 is 9.00 Å². The van der Waals surface area contributed by atoms with Gasteiger partial charge in [-0.25, -0.2) is 0 Å². The van der Waals surface area contributed by atoms with Gasteiger partial charge in [0.05, 0.1) is 0 Å². The minimum Gasteiger partial charge on any atom is -0.318 e. The Morgan fingerprint density at radius 1 is 1.67 bits per heavy atom. The van der Waals surface area contributed by atoms with Crippen LogP contribution in [0.5, 0.6) is 0 Å². The molecule has 1 rings (SSSR count). The summed E-state index contributed by atoms with van der Waals surface area (Å²) in [5.74, 6) is -0.234. The van der Waals surface area contributed by atoms with E-state index in [0.29, 0.717) is 11.7 Å². The molecule has 0 radical (unpaired) electrons. The molecule has 48 valence electrons. The van der Waals surface area contributed by atoms with E-state index in [9.17, 15) is 9.00 Å². The van der Waals surface area contributed by atoms with Crippen LogP contribution in [0.15, 0.2) is 12.3 Å². The topological polar surface area (TPSA) is 58.2 Å². The van der Waals surface area contributed by atoms with E-state index in [1.165, 1.54) is 12.3 Å². The van der Waals surface area contributed by atoms with E-state index in [1.54, 1.807) is 0 Å². The van der Waals surface area contributed by atoms with Gasteiger partial charge in [-0.15, -0.1) is 0 Å². The Morgan fingerprint density at radius 3 is 2.89 bits per heavy atom. The number of carbonyl (C=O) groups is 1. The van der Waals surface area contributed by atoms with Gasteiger partial charge >= 0.3 is 17.2 Å². The smallest absolute Gasteiger partial charge is 0.318 e. The molecule has 5 heteroatoms. The lowest BCUT2D eigenvalue weighted by atomic mass is 10.5. The van der Waals surface area contributed by atoms with Crippen molar-refractivity contribution >= 4 is 17.6 Å². The normalized spacial score (nSPS) is 24.4. The summed E-state index contributed by atoms with van der Waals surface area (Å²) >= 11 is 0.305. The minimum absolute atomic E-state index is 0.234. The average molecular weight is 145 g/mol. The first-order chi connectivity index (χ1) is 4.33. The fraction of sp³-hybridized carbons (Fsp3) is 0.250. The lowest BCUT2D eigenvalue weighted by Crippen LogP contribution is -2.45. The second-order valence-electron chi connectivity index (χ2n) is 1.48. The van der Waals surface area contributed by atoms with Crippen LogP contribution in [0.4, 0.5) is 0 Å². The average Bonchev–Trinajstić information content (AvgIpc) is 1.88.